The van der Waals surface area contributed by atoms with Crippen molar-refractivity contribution >= 4 is 24.0 Å². The average molecular weight is 570 g/mol. The molecule has 1 N–H and O–H groups in total. The number of amides is 1. The van der Waals surface area contributed by atoms with Crippen molar-refractivity contribution < 1.29 is 47.6 Å². The first-order valence-electron chi connectivity index (χ1n) is 12.8. The van der Waals surface area contributed by atoms with Crippen LogP contribution in [0.25, 0.3) is 0 Å². The maximum absolute atomic E-state index is 12.9. The quantitative estimate of drug-likeness (QED) is 0.129. The molecule has 0 aliphatic heterocycles. The molecule has 2 aromatic rings. The highest BCUT2D eigenvalue weighted by atomic mass is 16.6. The van der Waals surface area contributed by atoms with Crippen LogP contribution >= 0.6 is 0 Å². The highest BCUT2D eigenvalue weighted by Crippen LogP contribution is 2.20. The molecule has 0 heterocycles. The molecule has 0 saturated carbocycles. The van der Waals surface area contributed by atoms with Crippen molar-refractivity contribution in [3.63, 3.8) is 0 Å². The molecular formula is C30H35NO10. The molecule has 0 aliphatic carbocycles. The summed E-state index contributed by atoms with van der Waals surface area (Å²) in [5, 5.41) is 2.46. The minimum absolute atomic E-state index is 0.00101. The van der Waals surface area contributed by atoms with Gasteiger partial charge < -0.3 is 33.7 Å². The maximum atomic E-state index is 12.9. The lowest BCUT2D eigenvalue weighted by molar-refractivity contribution is -0.139. The summed E-state index contributed by atoms with van der Waals surface area (Å²) in [5.41, 5.74) is 0.707. The van der Waals surface area contributed by atoms with E-state index in [0.29, 0.717) is 17.7 Å². The summed E-state index contributed by atoms with van der Waals surface area (Å²) in [6.45, 7) is 9.90. The number of alkyl carbamates (subject to hydrolysis) is 1. The molecule has 220 valence electrons. The normalized spacial score (nSPS) is 10.9. The van der Waals surface area contributed by atoms with Gasteiger partial charge in [-0.2, -0.15) is 0 Å². The number of carbonyl (C=O) groups excluding carboxylic acids is 4. The fourth-order valence-electron chi connectivity index (χ4n) is 2.97. The molecule has 0 saturated heterocycles. The van der Waals surface area contributed by atoms with E-state index in [-0.39, 0.29) is 56.5 Å². The number of carbonyl (C=O) groups is 4. The van der Waals surface area contributed by atoms with E-state index in [1.165, 1.54) is 13.0 Å². The van der Waals surface area contributed by atoms with Crippen LogP contribution in [0.15, 0.2) is 78.9 Å². The van der Waals surface area contributed by atoms with Gasteiger partial charge >= 0.3 is 24.0 Å². The molecule has 0 radical (unpaired) electrons. The van der Waals surface area contributed by atoms with Crippen LogP contribution in [0.5, 0.6) is 11.5 Å². The summed E-state index contributed by atoms with van der Waals surface area (Å²) in [6.07, 6.45) is -1.38. The van der Waals surface area contributed by atoms with E-state index in [9.17, 15) is 19.2 Å². The Balaban J connectivity index is 1.92. The van der Waals surface area contributed by atoms with Gasteiger partial charge in [0.2, 0.25) is 0 Å². The van der Waals surface area contributed by atoms with Gasteiger partial charge in [0.05, 0.1) is 19.8 Å². The van der Waals surface area contributed by atoms with Crippen molar-refractivity contribution in [2.24, 2.45) is 0 Å². The number of para-hydroxylation sites is 2. The number of hydrogen-bond acceptors (Lipinski definition) is 10. The first kappa shape index (κ1) is 32.4. The van der Waals surface area contributed by atoms with E-state index in [1.54, 1.807) is 49.4 Å². The summed E-state index contributed by atoms with van der Waals surface area (Å²) >= 11 is 0. The van der Waals surface area contributed by atoms with Crippen LogP contribution in [0.1, 0.15) is 30.6 Å². The van der Waals surface area contributed by atoms with Gasteiger partial charge in [0.15, 0.2) is 6.10 Å². The molecule has 0 aromatic heterocycles. The van der Waals surface area contributed by atoms with E-state index in [2.05, 4.69) is 18.5 Å². The first-order chi connectivity index (χ1) is 19.7. The number of ether oxygens (including phenoxy) is 6. The second kappa shape index (κ2) is 17.7. The lowest BCUT2D eigenvalue weighted by atomic mass is 10.2. The minimum atomic E-state index is -0.965. The van der Waals surface area contributed by atoms with Gasteiger partial charge in [-0.15, -0.1) is 0 Å². The second-order valence-corrected chi connectivity index (χ2v) is 8.71. The van der Waals surface area contributed by atoms with Gasteiger partial charge in [-0.05, 0) is 38.1 Å². The standard InChI is InChI=1S/C30H35NO10/c1-21(2)27(32)37-17-10-16-36-26-14-9-8-13-25(26)29(34)40-20-24(19-39-23-11-6-5-7-12-23)41-30(35)31-15-18-38-28(33)22(3)4/h5-9,11-14,24H,1,3,10,15-20H2,2,4H3,(H,31,35). The lowest BCUT2D eigenvalue weighted by Crippen LogP contribution is -2.37. The third-order valence-corrected chi connectivity index (χ3v) is 5.04. The van der Waals surface area contributed by atoms with Crippen LogP contribution in [0.2, 0.25) is 0 Å². The molecule has 1 unspecified atom stereocenters. The van der Waals surface area contributed by atoms with Crippen LogP contribution < -0.4 is 14.8 Å². The summed E-state index contributed by atoms with van der Waals surface area (Å²) in [4.78, 5) is 48.1. The molecule has 0 fully saturated rings. The Labute approximate surface area is 239 Å². The fraction of sp³-hybridized carbons (Fsp3) is 0.333. The summed E-state index contributed by atoms with van der Waals surface area (Å²) in [5.74, 6) is -0.940. The van der Waals surface area contributed by atoms with Crippen molar-refractivity contribution in [1.82, 2.24) is 5.32 Å². The third-order valence-electron chi connectivity index (χ3n) is 5.04. The van der Waals surface area contributed by atoms with Crippen LogP contribution in [-0.2, 0) is 28.5 Å². The lowest BCUT2D eigenvalue weighted by Gasteiger charge is -2.19. The van der Waals surface area contributed by atoms with Gasteiger partial charge in [-0.25, -0.2) is 19.2 Å². The van der Waals surface area contributed by atoms with E-state index in [1.807, 2.05) is 6.07 Å². The zero-order chi connectivity index (χ0) is 30.0. The Morgan fingerprint density at radius 1 is 0.756 bits per heavy atom. The molecule has 11 heteroatoms. The van der Waals surface area contributed by atoms with Crippen LogP contribution in [0.3, 0.4) is 0 Å². The molecule has 0 spiro atoms. The zero-order valence-electron chi connectivity index (χ0n) is 23.2. The first-order valence-corrected chi connectivity index (χ1v) is 12.8. The largest absolute Gasteiger partial charge is 0.493 e. The van der Waals surface area contributed by atoms with E-state index in [4.69, 9.17) is 28.4 Å². The van der Waals surface area contributed by atoms with Crippen molar-refractivity contribution in [2.75, 3.05) is 39.6 Å². The predicted octanol–water partition coefficient (Wildman–Crippen LogP) is 4.02. The van der Waals surface area contributed by atoms with Crippen molar-refractivity contribution in [1.29, 1.82) is 0 Å². The summed E-state index contributed by atoms with van der Waals surface area (Å²) in [6, 6.07) is 15.3. The summed E-state index contributed by atoms with van der Waals surface area (Å²) in [7, 11) is 0. The predicted molar refractivity (Wildman–Crippen MR) is 149 cm³/mol. The molecule has 2 aromatic carbocycles. The zero-order valence-corrected chi connectivity index (χ0v) is 23.2. The van der Waals surface area contributed by atoms with Gasteiger partial charge in [0.1, 0.15) is 36.9 Å². The van der Waals surface area contributed by atoms with Crippen LogP contribution in [0.4, 0.5) is 4.79 Å². The number of hydrogen-bond donors (Lipinski definition) is 1. The molecule has 0 bridgehead atoms. The molecule has 1 amide bonds. The van der Waals surface area contributed by atoms with Crippen LogP contribution in [0, 0.1) is 0 Å². The molecule has 41 heavy (non-hydrogen) atoms. The topological polar surface area (TPSA) is 136 Å². The molecule has 11 nitrogen and oxygen atoms in total. The van der Waals surface area contributed by atoms with E-state index in [0.717, 1.165) is 0 Å². The Hall–Kier alpha value is -4.80. The van der Waals surface area contributed by atoms with Crippen molar-refractivity contribution in [2.45, 2.75) is 26.4 Å². The van der Waals surface area contributed by atoms with Crippen LogP contribution in [-0.4, -0.2) is 69.7 Å². The molecule has 1 atom stereocenters. The van der Waals surface area contributed by atoms with Gasteiger partial charge in [0, 0.05) is 17.6 Å². The summed E-state index contributed by atoms with van der Waals surface area (Å²) < 4.78 is 32.1. The third kappa shape index (κ3) is 12.7. The Morgan fingerprint density at radius 3 is 2.07 bits per heavy atom. The van der Waals surface area contributed by atoms with Gasteiger partial charge in [-0.1, -0.05) is 43.5 Å². The fourth-order valence-corrected chi connectivity index (χ4v) is 2.97. The number of benzene rings is 2. The smallest absolute Gasteiger partial charge is 0.407 e. The number of rotatable bonds is 17. The molecular weight excluding hydrogens is 534 g/mol. The minimum Gasteiger partial charge on any atom is -0.493 e. The van der Waals surface area contributed by atoms with E-state index >= 15 is 0 Å². The number of nitrogens with one attached hydrogen (secondary N) is 1. The van der Waals surface area contributed by atoms with Crippen molar-refractivity contribution in [3.8, 4) is 11.5 Å². The Morgan fingerprint density at radius 2 is 1.39 bits per heavy atom. The number of esters is 3. The highest BCUT2D eigenvalue weighted by molar-refractivity contribution is 5.92. The monoisotopic (exact) mass is 569 g/mol. The van der Waals surface area contributed by atoms with Gasteiger partial charge in [0.25, 0.3) is 0 Å². The highest BCUT2D eigenvalue weighted by Gasteiger charge is 2.21. The maximum Gasteiger partial charge on any atom is 0.407 e. The SMILES string of the molecule is C=C(C)C(=O)OCCCOc1ccccc1C(=O)OCC(COc1ccccc1)OC(=O)NCCOC(=O)C(=C)C. The second-order valence-electron chi connectivity index (χ2n) is 8.71. The Kier molecular flexibility index (Phi) is 14.0. The van der Waals surface area contributed by atoms with Gasteiger partial charge in [-0.3, -0.25) is 0 Å². The van der Waals surface area contributed by atoms with E-state index < -0.39 is 30.1 Å². The average Bonchev–Trinajstić information content (AvgIpc) is 2.96. The Bertz CT molecular complexity index is 1190. The molecule has 0 aliphatic rings. The van der Waals surface area contributed by atoms with Crippen molar-refractivity contribution in [3.05, 3.63) is 84.5 Å². The molecule has 2 rings (SSSR count).